The zero-order valence-corrected chi connectivity index (χ0v) is 13.0. The Morgan fingerprint density at radius 2 is 2.29 bits per heavy atom. The van der Waals surface area contributed by atoms with Crippen LogP contribution in [0, 0.1) is 10.1 Å². The third-order valence-electron chi connectivity index (χ3n) is 3.28. The summed E-state index contributed by atoms with van der Waals surface area (Å²) < 4.78 is 0.0706. The maximum absolute atomic E-state index is 12.1. The van der Waals surface area contributed by atoms with Gasteiger partial charge in [-0.3, -0.25) is 10.1 Å². The number of nitrogens with zero attached hydrogens (tertiary/aromatic N) is 2. The molecule has 114 valence electrons. The molecule has 1 aromatic rings. The van der Waals surface area contributed by atoms with Crippen LogP contribution in [0.5, 0.6) is 0 Å². The molecule has 0 unspecified atom stereocenters. The number of nitrogens with one attached hydrogen (secondary N) is 1. The number of thioether (sulfide) groups is 1. The van der Waals surface area contributed by atoms with Gasteiger partial charge in [0.15, 0.2) is 0 Å². The van der Waals surface area contributed by atoms with Crippen molar-refractivity contribution in [2.24, 2.45) is 0 Å². The van der Waals surface area contributed by atoms with Crippen molar-refractivity contribution in [3.63, 3.8) is 0 Å². The fourth-order valence-corrected chi connectivity index (χ4v) is 3.37. The first kappa shape index (κ1) is 15.6. The molecular weight excluding hydrogens is 290 g/mol. The lowest BCUT2D eigenvalue weighted by Gasteiger charge is -2.37. The number of carbonyl (C=O) groups is 1. The molecule has 1 fully saturated rings. The summed E-state index contributed by atoms with van der Waals surface area (Å²) in [5, 5.41) is 13.5. The molecule has 7 heteroatoms. The minimum atomic E-state index is -0.435. The van der Waals surface area contributed by atoms with E-state index < -0.39 is 4.92 Å². The van der Waals surface area contributed by atoms with E-state index in [4.69, 9.17) is 0 Å². The highest BCUT2D eigenvalue weighted by atomic mass is 32.2. The van der Waals surface area contributed by atoms with Gasteiger partial charge in [0, 0.05) is 42.3 Å². The molecule has 1 aliphatic heterocycles. The van der Waals surface area contributed by atoms with Crippen molar-refractivity contribution in [3.05, 3.63) is 39.9 Å². The molecule has 0 aromatic heterocycles. The minimum Gasteiger partial charge on any atom is -0.334 e. The number of hydrogen-bond donors (Lipinski definition) is 1. The smallest absolute Gasteiger partial charge is 0.317 e. The predicted octanol–water partition coefficient (Wildman–Crippen LogP) is 2.63. The van der Waals surface area contributed by atoms with E-state index in [1.807, 2.05) is 11.8 Å². The number of nitro groups is 1. The molecule has 1 aromatic carbocycles. The van der Waals surface area contributed by atoms with Crippen molar-refractivity contribution in [1.82, 2.24) is 10.2 Å². The van der Waals surface area contributed by atoms with Crippen LogP contribution in [0.1, 0.15) is 19.4 Å². The monoisotopic (exact) mass is 309 g/mol. The predicted molar refractivity (Wildman–Crippen MR) is 83.4 cm³/mol. The van der Waals surface area contributed by atoms with Crippen LogP contribution in [-0.4, -0.2) is 39.4 Å². The Hall–Kier alpha value is -1.76. The number of carbonyl (C=O) groups excluding carboxylic acids is 1. The second-order valence-electron chi connectivity index (χ2n) is 5.62. The van der Waals surface area contributed by atoms with Crippen LogP contribution in [0.15, 0.2) is 24.3 Å². The fourth-order valence-electron chi connectivity index (χ4n) is 2.26. The Labute approximate surface area is 128 Å². The van der Waals surface area contributed by atoms with Crippen LogP contribution in [0.25, 0.3) is 0 Å². The maximum atomic E-state index is 12.1. The zero-order valence-electron chi connectivity index (χ0n) is 12.2. The van der Waals surface area contributed by atoms with E-state index in [1.165, 1.54) is 12.1 Å². The second kappa shape index (κ2) is 6.34. The summed E-state index contributed by atoms with van der Waals surface area (Å²) in [6.07, 6.45) is 0. The van der Waals surface area contributed by atoms with Crippen LogP contribution >= 0.6 is 11.8 Å². The molecule has 0 saturated carbocycles. The van der Waals surface area contributed by atoms with Crippen LogP contribution < -0.4 is 5.32 Å². The second-order valence-corrected chi connectivity index (χ2v) is 7.42. The van der Waals surface area contributed by atoms with Gasteiger partial charge >= 0.3 is 6.03 Å². The lowest BCUT2D eigenvalue weighted by Crippen LogP contribution is -2.49. The van der Waals surface area contributed by atoms with Crippen LogP contribution in [0.4, 0.5) is 10.5 Å². The van der Waals surface area contributed by atoms with E-state index in [9.17, 15) is 14.9 Å². The highest BCUT2D eigenvalue weighted by Crippen LogP contribution is 2.29. The van der Waals surface area contributed by atoms with Crippen molar-refractivity contribution in [2.75, 3.05) is 18.8 Å². The Kier molecular flexibility index (Phi) is 4.72. The molecule has 1 aliphatic rings. The lowest BCUT2D eigenvalue weighted by molar-refractivity contribution is -0.384. The summed E-state index contributed by atoms with van der Waals surface area (Å²) in [5.74, 6) is 0.928. The van der Waals surface area contributed by atoms with Crippen molar-refractivity contribution in [2.45, 2.75) is 25.1 Å². The Balaban J connectivity index is 1.92. The number of nitro benzene ring substituents is 1. The molecule has 0 atom stereocenters. The number of hydrogen-bond acceptors (Lipinski definition) is 4. The first-order valence-electron chi connectivity index (χ1n) is 6.77. The van der Waals surface area contributed by atoms with Gasteiger partial charge in [-0.05, 0) is 19.4 Å². The molecule has 2 amide bonds. The van der Waals surface area contributed by atoms with Gasteiger partial charge in [0.05, 0.1) is 4.92 Å². The van der Waals surface area contributed by atoms with Gasteiger partial charge in [0.25, 0.3) is 5.69 Å². The standard InChI is InChI=1S/C14H19N3O3S/c1-14(2)10-16(6-7-21-14)13(18)15-9-11-4-3-5-12(8-11)17(19)20/h3-5,8H,6-7,9-10H2,1-2H3,(H,15,18). The normalized spacial score (nSPS) is 17.3. The minimum absolute atomic E-state index is 0.0391. The summed E-state index contributed by atoms with van der Waals surface area (Å²) in [7, 11) is 0. The molecule has 0 aliphatic carbocycles. The van der Waals surface area contributed by atoms with E-state index in [0.29, 0.717) is 13.1 Å². The van der Waals surface area contributed by atoms with Crippen molar-refractivity contribution in [1.29, 1.82) is 0 Å². The molecule has 0 spiro atoms. The summed E-state index contributed by atoms with van der Waals surface area (Å²) in [6, 6.07) is 6.20. The van der Waals surface area contributed by atoms with Gasteiger partial charge in [-0.15, -0.1) is 0 Å². The molecular formula is C14H19N3O3S. The molecule has 0 bridgehead atoms. The van der Waals surface area contributed by atoms with Crippen LogP contribution in [0.3, 0.4) is 0 Å². The summed E-state index contributed by atoms with van der Waals surface area (Å²) >= 11 is 1.86. The molecule has 1 saturated heterocycles. The van der Waals surface area contributed by atoms with Gasteiger partial charge in [-0.25, -0.2) is 4.79 Å². The quantitative estimate of drug-likeness (QED) is 0.688. The van der Waals surface area contributed by atoms with Gasteiger partial charge in [-0.1, -0.05) is 12.1 Å². The Morgan fingerprint density at radius 3 is 2.95 bits per heavy atom. The number of non-ortho nitro benzene ring substituents is 1. The molecule has 1 N–H and O–H groups in total. The Bertz CT molecular complexity index is 548. The Morgan fingerprint density at radius 1 is 1.52 bits per heavy atom. The van der Waals surface area contributed by atoms with E-state index in [2.05, 4.69) is 19.2 Å². The summed E-state index contributed by atoms with van der Waals surface area (Å²) in [4.78, 5) is 24.2. The molecule has 6 nitrogen and oxygen atoms in total. The van der Waals surface area contributed by atoms with E-state index in [0.717, 1.165) is 17.9 Å². The number of rotatable bonds is 3. The van der Waals surface area contributed by atoms with Gasteiger partial charge in [0.2, 0.25) is 0 Å². The van der Waals surface area contributed by atoms with Crippen LogP contribution in [0.2, 0.25) is 0 Å². The topological polar surface area (TPSA) is 75.5 Å². The summed E-state index contributed by atoms with van der Waals surface area (Å²) in [6.45, 7) is 5.98. The molecule has 21 heavy (non-hydrogen) atoms. The highest BCUT2D eigenvalue weighted by Gasteiger charge is 2.29. The van der Waals surface area contributed by atoms with Gasteiger partial charge in [-0.2, -0.15) is 11.8 Å². The molecule has 1 heterocycles. The first-order chi connectivity index (χ1) is 9.87. The van der Waals surface area contributed by atoms with Crippen LogP contribution in [-0.2, 0) is 6.54 Å². The largest absolute Gasteiger partial charge is 0.334 e. The van der Waals surface area contributed by atoms with Crippen molar-refractivity contribution in [3.8, 4) is 0 Å². The van der Waals surface area contributed by atoms with E-state index in [-0.39, 0.29) is 16.5 Å². The van der Waals surface area contributed by atoms with Gasteiger partial charge < -0.3 is 10.2 Å². The molecule has 2 rings (SSSR count). The average molecular weight is 309 g/mol. The fraction of sp³-hybridized carbons (Fsp3) is 0.500. The first-order valence-corrected chi connectivity index (χ1v) is 7.76. The van der Waals surface area contributed by atoms with Crippen molar-refractivity contribution < 1.29 is 9.72 Å². The number of amides is 2. The maximum Gasteiger partial charge on any atom is 0.317 e. The molecule has 0 radical (unpaired) electrons. The summed E-state index contributed by atoms with van der Waals surface area (Å²) in [5.41, 5.74) is 0.764. The third-order valence-corrected chi connectivity index (χ3v) is 4.58. The van der Waals surface area contributed by atoms with E-state index >= 15 is 0 Å². The number of urea groups is 1. The SMILES string of the molecule is CC1(C)CN(C(=O)NCc2cccc([N+](=O)[O-])c2)CCS1. The number of benzene rings is 1. The third kappa shape index (κ3) is 4.35. The van der Waals surface area contributed by atoms with Gasteiger partial charge in [0.1, 0.15) is 0 Å². The lowest BCUT2D eigenvalue weighted by atomic mass is 10.2. The van der Waals surface area contributed by atoms with Crippen molar-refractivity contribution >= 4 is 23.5 Å². The van der Waals surface area contributed by atoms with E-state index in [1.54, 1.807) is 17.0 Å². The average Bonchev–Trinajstić information content (AvgIpc) is 2.44. The zero-order chi connectivity index (χ0) is 15.5. The highest BCUT2D eigenvalue weighted by molar-refractivity contribution is 8.00.